The predicted octanol–water partition coefficient (Wildman–Crippen LogP) is 1.64. The van der Waals surface area contributed by atoms with Crippen molar-refractivity contribution in [2.45, 2.75) is 18.9 Å². The Hall–Kier alpha value is -0.580. The summed E-state index contributed by atoms with van der Waals surface area (Å²) < 4.78 is 22.8. The molecule has 1 heterocycles. The summed E-state index contributed by atoms with van der Waals surface area (Å²) in [4.78, 5) is 0. The van der Waals surface area contributed by atoms with Gasteiger partial charge >= 0.3 is 0 Å². The molecule has 1 aliphatic rings. The third kappa shape index (κ3) is 3.21. The lowest BCUT2D eigenvalue weighted by Crippen LogP contribution is -2.33. The van der Waals surface area contributed by atoms with Gasteiger partial charge in [0, 0.05) is 11.1 Å². The van der Waals surface area contributed by atoms with Crippen molar-refractivity contribution in [1.82, 2.24) is 0 Å². The molecule has 0 amide bonds. The number of benzene rings is 1. The molecule has 0 spiro atoms. The average Bonchev–Trinajstić information content (AvgIpc) is 2.62. The Balaban J connectivity index is 2.03. The van der Waals surface area contributed by atoms with Crippen molar-refractivity contribution in [2.75, 3.05) is 11.5 Å². The molecule has 2 N–H and O–H groups in total. The second kappa shape index (κ2) is 4.96. The van der Waals surface area contributed by atoms with Gasteiger partial charge in [0.2, 0.25) is 0 Å². The van der Waals surface area contributed by atoms with Crippen LogP contribution in [0.25, 0.3) is 0 Å². The van der Waals surface area contributed by atoms with E-state index in [0.29, 0.717) is 17.9 Å². The van der Waals surface area contributed by atoms with Gasteiger partial charge in [0.1, 0.15) is 0 Å². The van der Waals surface area contributed by atoms with Crippen LogP contribution in [0.2, 0.25) is 5.02 Å². The Morgan fingerprint density at radius 2 is 2.12 bits per heavy atom. The molecular weight excluding hydrogens is 258 g/mol. The molecule has 2 atom stereocenters. The molecule has 0 aliphatic carbocycles. The van der Waals surface area contributed by atoms with Gasteiger partial charge < -0.3 is 5.73 Å². The first-order valence-corrected chi connectivity index (χ1v) is 7.87. The van der Waals surface area contributed by atoms with E-state index in [1.807, 2.05) is 24.3 Å². The number of hydrogen-bond donors (Lipinski definition) is 1. The van der Waals surface area contributed by atoms with Gasteiger partial charge in [0.25, 0.3) is 0 Å². The van der Waals surface area contributed by atoms with Gasteiger partial charge in [0.05, 0.1) is 11.5 Å². The summed E-state index contributed by atoms with van der Waals surface area (Å²) in [6.45, 7) is 0. The predicted molar refractivity (Wildman–Crippen MR) is 69.9 cm³/mol. The smallest absolute Gasteiger partial charge is 0.150 e. The fourth-order valence-corrected chi connectivity index (χ4v) is 4.35. The Bertz CT molecular complexity index is 501. The summed E-state index contributed by atoms with van der Waals surface area (Å²) in [5, 5.41) is 0.698. The van der Waals surface area contributed by atoms with Crippen LogP contribution >= 0.6 is 11.6 Å². The van der Waals surface area contributed by atoms with E-state index in [4.69, 9.17) is 17.3 Å². The molecule has 1 aromatic carbocycles. The molecule has 1 aliphatic heterocycles. The molecule has 1 saturated heterocycles. The zero-order valence-corrected chi connectivity index (χ0v) is 11.0. The van der Waals surface area contributed by atoms with Gasteiger partial charge in [-0.05, 0) is 30.4 Å². The minimum Gasteiger partial charge on any atom is -0.327 e. The van der Waals surface area contributed by atoms with Crippen molar-refractivity contribution in [3.05, 3.63) is 34.9 Å². The molecule has 0 aromatic heterocycles. The van der Waals surface area contributed by atoms with Gasteiger partial charge in [-0.25, -0.2) is 8.42 Å². The summed E-state index contributed by atoms with van der Waals surface area (Å²) in [6.07, 6.45) is 1.31. The Labute approximate surface area is 107 Å². The van der Waals surface area contributed by atoms with Gasteiger partial charge in [-0.2, -0.15) is 0 Å². The van der Waals surface area contributed by atoms with Crippen molar-refractivity contribution in [3.63, 3.8) is 0 Å². The normalized spacial score (nSPS) is 24.7. The first-order valence-electron chi connectivity index (χ1n) is 5.67. The zero-order chi connectivity index (χ0) is 12.5. The van der Waals surface area contributed by atoms with E-state index in [0.717, 1.165) is 5.56 Å². The molecule has 17 heavy (non-hydrogen) atoms. The Morgan fingerprint density at radius 1 is 1.41 bits per heavy atom. The van der Waals surface area contributed by atoms with Crippen LogP contribution < -0.4 is 5.73 Å². The van der Waals surface area contributed by atoms with Crippen molar-refractivity contribution in [1.29, 1.82) is 0 Å². The highest BCUT2D eigenvalue weighted by Gasteiger charge is 2.32. The summed E-state index contributed by atoms with van der Waals surface area (Å²) in [7, 11) is -2.86. The van der Waals surface area contributed by atoms with Crippen molar-refractivity contribution < 1.29 is 8.42 Å². The lowest BCUT2D eigenvalue weighted by Gasteiger charge is -2.18. The summed E-state index contributed by atoms with van der Waals surface area (Å²) in [5.41, 5.74) is 7.07. The van der Waals surface area contributed by atoms with Crippen LogP contribution in [0.3, 0.4) is 0 Å². The molecule has 0 saturated carbocycles. The van der Waals surface area contributed by atoms with E-state index < -0.39 is 9.84 Å². The molecule has 2 unspecified atom stereocenters. The first kappa shape index (κ1) is 12.9. The van der Waals surface area contributed by atoms with E-state index in [1.165, 1.54) is 0 Å². The lowest BCUT2D eigenvalue weighted by atomic mass is 9.94. The van der Waals surface area contributed by atoms with E-state index in [-0.39, 0.29) is 23.5 Å². The maximum absolute atomic E-state index is 11.4. The second-order valence-corrected chi connectivity index (χ2v) is 7.26. The maximum atomic E-state index is 11.4. The van der Waals surface area contributed by atoms with E-state index >= 15 is 0 Å². The highest BCUT2D eigenvalue weighted by Crippen LogP contribution is 2.24. The molecule has 3 nitrogen and oxygen atoms in total. The number of sulfone groups is 1. The van der Waals surface area contributed by atoms with Gasteiger partial charge in [-0.15, -0.1) is 0 Å². The number of halogens is 1. The van der Waals surface area contributed by atoms with Crippen LogP contribution in [0.4, 0.5) is 0 Å². The van der Waals surface area contributed by atoms with Crippen LogP contribution in [-0.4, -0.2) is 26.0 Å². The van der Waals surface area contributed by atoms with E-state index in [1.54, 1.807) is 0 Å². The van der Waals surface area contributed by atoms with Crippen molar-refractivity contribution >= 4 is 21.4 Å². The highest BCUT2D eigenvalue weighted by molar-refractivity contribution is 7.91. The van der Waals surface area contributed by atoms with Crippen LogP contribution in [0, 0.1) is 5.92 Å². The largest absolute Gasteiger partial charge is 0.327 e. The zero-order valence-electron chi connectivity index (χ0n) is 9.47. The van der Waals surface area contributed by atoms with Gasteiger partial charge in [0.15, 0.2) is 9.84 Å². The number of nitrogens with two attached hydrogens (primary N) is 1. The lowest BCUT2D eigenvalue weighted by molar-refractivity contribution is 0.461. The summed E-state index contributed by atoms with van der Waals surface area (Å²) >= 11 is 6.06. The first-order chi connectivity index (χ1) is 7.98. The third-order valence-electron chi connectivity index (χ3n) is 3.29. The maximum Gasteiger partial charge on any atom is 0.150 e. The van der Waals surface area contributed by atoms with Gasteiger partial charge in [-0.1, -0.05) is 29.8 Å². The minimum absolute atomic E-state index is 0.0660. The second-order valence-electron chi connectivity index (χ2n) is 4.62. The number of rotatable bonds is 3. The van der Waals surface area contributed by atoms with E-state index in [9.17, 15) is 8.42 Å². The monoisotopic (exact) mass is 273 g/mol. The van der Waals surface area contributed by atoms with Crippen molar-refractivity contribution in [2.24, 2.45) is 11.7 Å². The van der Waals surface area contributed by atoms with Crippen molar-refractivity contribution in [3.8, 4) is 0 Å². The minimum atomic E-state index is -2.86. The molecule has 0 radical (unpaired) electrons. The Morgan fingerprint density at radius 3 is 2.71 bits per heavy atom. The molecular formula is C12H16ClNO2S. The quantitative estimate of drug-likeness (QED) is 0.911. The Kier molecular flexibility index (Phi) is 3.76. The molecule has 5 heteroatoms. The molecule has 94 valence electrons. The average molecular weight is 274 g/mol. The molecule has 1 fully saturated rings. The molecule has 1 aromatic rings. The van der Waals surface area contributed by atoms with E-state index in [2.05, 4.69) is 0 Å². The highest BCUT2D eigenvalue weighted by atomic mass is 35.5. The SMILES string of the molecule is NC(Cc1ccccc1Cl)C1CCS(=O)(=O)C1. The summed E-state index contributed by atoms with van der Waals surface area (Å²) in [5.74, 6) is 0.559. The summed E-state index contributed by atoms with van der Waals surface area (Å²) in [6, 6.07) is 7.42. The third-order valence-corrected chi connectivity index (χ3v) is 5.45. The van der Waals surface area contributed by atoms with Crippen LogP contribution in [0.5, 0.6) is 0 Å². The van der Waals surface area contributed by atoms with Crippen LogP contribution in [0.15, 0.2) is 24.3 Å². The fraction of sp³-hybridized carbons (Fsp3) is 0.500. The van der Waals surface area contributed by atoms with Crippen LogP contribution in [-0.2, 0) is 16.3 Å². The fourth-order valence-electron chi connectivity index (χ4n) is 2.25. The standard InChI is InChI=1S/C12H16ClNO2S/c13-11-4-2-1-3-9(11)7-12(14)10-5-6-17(15,16)8-10/h1-4,10,12H,5-8,14H2. The van der Waals surface area contributed by atoms with Crippen LogP contribution in [0.1, 0.15) is 12.0 Å². The van der Waals surface area contributed by atoms with Gasteiger partial charge in [-0.3, -0.25) is 0 Å². The topological polar surface area (TPSA) is 60.2 Å². The molecule has 0 bridgehead atoms. The molecule has 2 rings (SSSR count). The number of hydrogen-bond acceptors (Lipinski definition) is 3.